The molecule has 1 N–H and O–H groups in total. The van der Waals surface area contributed by atoms with Crippen molar-refractivity contribution in [2.24, 2.45) is 0 Å². The van der Waals surface area contributed by atoms with Crippen LogP contribution in [0.15, 0.2) is 24.3 Å². The van der Waals surface area contributed by atoms with Gasteiger partial charge in [0.1, 0.15) is 11.3 Å². The molecule has 1 fully saturated rings. The highest BCUT2D eigenvalue weighted by molar-refractivity contribution is 5.89. The van der Waals surface area contributed by atoms with Crippen LogP contribution in [0.5, 0.6) is 5.75 Å². The Balaban J connectivity index is 1.91. The Labute approximate surface area is 141 Å². The number of amides is 1. The van der Waals surface area contributed by atoms with E-state index in [1.807, 2.05) is 0 Å². The summed E-state index contributed by atoms with van der Waals surface area (Å²) < 4.78 is 10.4. The SMILES string of the molecule is CCOC(=O)c1cccc(OCC(=O)NC2(C#N)CCCCC2)c1. The van der Waals surface area contributed by atoms with Gasteiger partial charge in [-0.2, -0.15) is 5.26 Å². The van der Waals surface area contributed by atoms with Crippen molar-refractivity contribution in [3.05, 3.63) is 29.8 Å². The second kappa shape index (κ2) is 8.34. The first-order valence-corrected chi connectivity index (χ1v) is 8.21. The lowest BCUT2D eigenvalue weighted by atomic mass is 9.83. The molecule has 0 bridgehead atoms. The van der Waals surface area contributed by atoms with Crippen LogP contribution in [-0.2, 0) is 9.53 Å². The lowest BCUT2D eigenvalue weighted by Crippen LogP contribution is -2.50. The lowest BCUT2D eigenvalue weighted by Gasteiger charge is -2.31. The number of nitriles is 1. The largest absolute Gasteiger partial charge is 0.484 e. The monoisotopic (exact) mass is 330 g/mol. The maximum absolute atomic E-state index is 12.1. The Morgan fingerprint density at radius 1 is 1.29 bits per heavy atom. The number of esters is 1. The van der Waals surface area contributed by atoms with E-state index >= 15 is 0 Å². The van der Waals surface area contributed by atoms with E-state index in [0.717, 1.165) is 19.3 Å². The zero-order valence-corrected chi connectivity index (χ0v) is 13.8. The van der Waals surface area contributed by atoms with E-state index in [2.05, 4.69) is 11.4 Å². The van der Waals surface area contributed by atoms with Crippen molar-refractivity contribution in [2.45, 2.75) is 44.6 Å². The van der Waals surface area contributed by atoms with Crippen molar-refractivity contribution >= 4 is 11.9 Å². The van der Waals surface area contributed by atoms with E-state index < -0.39 is 11.5 Å². The molecular formula is C18H22N2O4. The van der Waals surface area contributed by atoms with E-state index in [1.54, 1.807) is 25.1 Å². The molecule has 0 atom stereocenters. The smallest absolute Gasteiger partial charge is 0.338 e. The number of nitrogens with one attached hydrogen (secondary N) is 1. The molecular weight excluding hydrogens is 308 g/mol. The van der Waals surface area contributed by atoms with Gasteiger partial charge in [-0.15, -0.1) is 0 Å². The number of ether oxygens (including phenoxy) is 2. The van der Waals surface area contributed by atoms with Gasteiger partial charge >= 0.3 is 5.97 Å². The molecule has 1 aromatic rings. The van der Waals surface area contributed by atoms with Gasteiger partial charge in [-0.05, 0) is 38.0 Å². The fourth-order valence-electron chi connectivity index (χ4n) is 2.80. The van der Waals surface area contributed by atoms with Crippen LogP contribution in [-0.4, -0.2) is 30.6 Å². The van der Waals surface area contributed by atoms with Crippen molar-refractivity contribution in [3.8, 4) is 11.8 Å². The Morgan fingerprint density at radius 3 is 2.71 bits per heavy atom. The van der Waals surface area contributed by atoms with Crippen molar-refractivity contribution in [1.29, 1.82) is 5.26 Å². The second-order valence-corrected chi connectivity index (χ2v) is 5.84. The molecule has 0 saturated heterocycles. The summed E-state index contributed by atoms with van der Waals surface area (Å²) >= 11 is 0. The van der Waals surface area contributed by atoms with E-state index in [-0.39, 0.29) is 12.5 Å². The number of hydrogen-bond donors (Lipinski definition) is 1. The molecule has 0 unspecified atom stereocenters. The first-order valence-electron chi connectivity index (χ1n) is 8.21. The molecule has 0 heterocycles. The fourth-order valence-corrected chi connectivity index (χ4v) is 2.80. The third kappa shape index (κ3) is 4.72. The molecule has 1 amide bonds. The minimum atomic E-state index is -0.772. The van der Waals surface area contributed by atoms with Crippen molar-refractivity contribution < 1.29 is 19.1 Å². The molecule has 1 aliphatic rings. The summed E-state index contributed by atoms with van der Waals surface area (Å²) in [7, 11) is 0. The zero-order valence-electron chi connectivity index (χ0n) is 13.8. The van der Waals surface area contributed by atoms with E-state index in [0.29, 0.717) is 30.8 Å². The predicted octanol–water partition coefficient (Wildman–Crippen LogP) is 2.58. The summed E-state index contributed by atoms with van der Waals surface area (Å²) in [6.45, 7) is 1.83. The van der Waals surface area contributed by atoms with Crippen LogP contribution < -0.4 is 10.1 Å². The normalized spacial score (nSPS) is 15.8. The molecule has 0 aliphatic heterocycles. The molecule has 6 nitrogen and oxygen atoms in total. The van der Waals surface area contributed by atoms with Gasteiger partial charge in [-0.1, -0.05) is 25.3 Å². The van der Waals surface area contributed by atoms with Gasteiger partial charge in [0.2, 0.25) is 0 Å². The number of hydrogen-bond acceptors (Lipinski definition) is 5. The number of carbonyl (C=O) groups is 2. The number of benzene rings is 1. The Morgan fingerprint density at radius 2 is 2.04 bits per heavy atom. The van der Waals surface area contributed by atoms with Gasteiger partial charge in [-0.3, -0.25) is 4.79 Å². The Bertz CT molecular complexity index is 630. The second-order valence-electron chi connectivity index (χ2n) is 5.84. The van der Waals surface area contributed by atoms with Crippen LogP contribution in [0.3, 0.4) is 0 Å². The van der Waals surface area contributed by atoms with Crippen molar-refractivity contribution in [3.63, 3.8) is 0 Å². The van der Waals surface area contributed by atoms with E-state index in [9.17, 15) is 14.9 Å². The molecule has 2 rings (SSSR count). The quantitative estimate of drug-likeness (QED) is 0.810. The predicted molar refractivity (Wildman–Crippen MR) is 87.5 cm³/mol. The van der Waals surface area contributed by atoms with Crippen molar-refractivity contribution in [2.75, 3.05) is 13.2 Å². The lowest BCUT2D eigenvalue weighted by molar-refractivity contribution is -0.124. The summed E-state index contributed by atoms with van der Waals surface area (Å²) in [4.78, 5) is 23.8. The molecule has 24 heavy (non-hydrogen) atoms. The standard InChI is InChI=1S/C18H22N2O4/c1-2-23-17(22)14-7-6-8-15(11-14)24-12-16(21)20-18(13-19)9-4-3-5-10-18/h6-8,11H,2-5,9-10,12H2,1H3,(H,20,21). The molecule has 0 aromatic heterocycles. The summed E-state index contributed by atoms with van der Waals surface area (Å²) in [6, 6.07) is 8.72. The van der Waals surface area contributed by atoms with Crippen LogP contribution in [0.25, 0.3) is 0 Å². The zero-order chi connectivity index (χ0) is 17.4. The minimum Gasteiger partial charge on any atom is -0.484 e. The Hall–Kier alpha value is -2.55. The van der Waals surface area contributed by atoms with Crippen LogP contribution >= 0.6 is 0 Å². The third-order valence-electron chi connectivity index (χ3n) is 4.01. The molecule has 0 spiro atoms. The average molecular weight is 330 g/mol. The average Bonchev–Trinajstić information content (AvgIpc) is 2.61. The summed E-state index contributed by atoms with van der Waals surface area (Å²) in [5.74, 6) is -0.358. The highest BCUT2D eigenvalue weighted by Crippen LogP contribution is 2.27. The maximum Gasteiger partial charge on any atom is 0.338 e. The number of nitrogens with zero attached hydrogens (tertiary/aromatic N) is 1. The highest BCUT2D eigenvalue weighted by atomic mass is 16.5. The molecule has 0 radical (unpaired) electrons. The number of rotatable bonds is 6. The third-order valence-corrected chi connectivity index (χ3v) is 4.01. The first-order chi connectivity index (χ1) is 11.6. The maximum atomic E-state index is 12.1. The summed E-state index contributed by atoms with van der Waals surface area (Å²) in [6.07, 6.45) is 4.32. The van der Waals surface area contributed by atoms with Gasteiger partial charge in [0.15, 0.2) is 6.61 Å². The molecule has 1 saturated carbocycles. The van der Waals surface area contributed by atoms with Crippen LogP contribution in [0, 0.1) is 11.3 Å². The van der Waals surface area contributed by atoms with Gasteiger partial charge in [0.05, 0.1) is 18.2 Å². The van der Waals surface area contributed by atoms with Crippen LogP contribution in [0.1, 0.15) is 49.4 Å². The van der Waals surface area contributed by atoms with E-state index in [4.69, 9.17) is 9.47 Å². The first kappa shape index (κ1) is 17.8. The summed E-state index contributed by atoms with van der Waals surface area (Å²) in [5.41, 5.74) is -0.401. The number of carbonyl (C=O) groups excluding carboxylic acids is 2. The van der Waals surface area contributed by atoms with Gasteiger partial charge in [-0.25, -0.2) is 4.79 Å². The van der Waals surface area contributed by atoms with Gasteiger partial charge < -0.3 is 14.8 Å². The van der Waals surface area contributed by atoms with Crippen LogP contribution in [0.4, 0.5) is 0 Å². The Kier molecular flexibility index (Phi) is 6.19. The van der Waals surface area contributed by atoms with Gasteiger partial charge in [0.25, 0.3) is 5.91 Å². The van der Waals surface area contributed by atoms with Gasteiger partial charge in [0, 0.05) is 0 Å². The fraction of sp³-hybridized carbons (Fsp3) is 0.500. The minimum absolute atomic E-state index is 0.199. The van der Waals surface area contributed by atoms with E-state index in [1.165, 1.54) is 6.07 Å². The molecule has 1 aliphatic carbocycles. The molecule has 1 aromatic carbocycles. The van der Waals surface area contributed by atoms with Crippen LogP contribution in [0.2, 0.25) is 0 Å². The summed E-state index contributed by atoms with van der Waals surface area (Å²) in [5, 5.41) is 12.2. The molecule has 6 heteroatoms. The van der Waals surface area contributed by atoms with Crippen molar-refractivity contribution in [1.82, 2.24) is 5.32 Å². The molecule has 128 valence electrons. The highest BCUT2D eigenvalue weighted by Gasteiger charge is 2.33. The topological polar surface area (TPSA) is 88.4 Å².